The molecule has 64 valence electrons. The lowest BCUT2D eigenvalue weighted by molar-refractivity contribution is -0.120. The van der Waals surface area contributed by atoms with Crippen LogP contribution in [0.25, 0.3) is 0 Å². The largest absolute Gasteiger partial charge is 0.381 e. The lowest BCUT2D eigenvalue weighted by Gasteiger charge is -2.04. The fraction of sp³-hybridized carbons (Fsp3) is 0.875. The maximum Gasteiger partial charge on any atom is 0.219 e. The van der Waals surface area contributed by atoms with Crippen LogP contribution in [-0.4, -0.2) is 26.2 Å². The highest BCUT2D eigenvalue weighted by molar-refractivity contribution is 5.75. The zero-order valence-electron chi connectivity index (χ0n) is 6.93. The predicted molar refractivity (Wildman–Crippen MR) is 42.2 cm³/mol. The van der Waals surface area contributed by atoms with Crippen LogP contribution in [0.3, 0.4) is 0 Å². The summed E-state index contributed by atoms with van der Waals surface area (Å²) in [5.41, 5.74) is 0. The molecule has 1 amide bonds. The molecule has 3 heteroatoms. The molecule has 1 atom stereocenters. The van der Waals surface area contributed by atoms with Gasteiger partial charge in [-0.3, -0.25) is 4.79 Å². The van der Waals surface area contributed by atoms with Gasteiger partial charge in [-0.1, -0.05) is 0 Å². The van der Waals surface area contributed by atoms with E-state index in [-0.39, 0.29) is 5.91 Å². The molecule has 11 heavy (non-hydrogen) atoms. The van der Waals surface area contributed by atoms with Gasteiger partial charge in [0.2, 0.25) is 5.91 Å². The van der Waals surface area contributed by atoms with Crippen molar-refractivity contribution >= 4 is 5.91 Å². The van der Waals surface area contributed by atoms with Crippen molar-refractivity contribution in [2.24, 2.45) is 5.92 Å². The molecular weight excluding hydrogens is 142 g/mol. The van der Waals surface area contributed by atoms with E-state index in [2.05, 4.69) is 5.32 Å². The molecule has 1 fully saturated rings. The molecule has 1 unspecified atom stereocenters. The zero-order valence-corrected chi connectivity index (χ0v) is 6.93. The third-order valence-corrected chi connectivity index (χ3v) is 2.08. The third kappa shape index (κ3) is 2.89. The number of ether oxygens (including phenoxy) is 1. The Balaban J connectivity index is 2.06. The maximum atomic E-state index is 10.8. The van der Waals surface area contributed by atoms with Crippen LogP contribution >= 0.6 is 0 Å². The Labute approximate surface area is 67.1 Å². The van der Waals surface area contributed by atoms with E-state index in [1.165, 1.54) is 0 Å². The molecule has 1 heterocycles. The number of nitrogens with one attached hydrogen (secondary N) is 1. The second-order valence-electron chi connectivity index (χ2n) is 2.94. The monoisotopic (exact) mass is 157 g/mol. The average Bonchev–Trinajstić information content (AvgIpc) is 2.52. The van der Waals surface area contributed by atoms with Crippen molar-refractivity contribution in [1.82, 2.24) is 5.32 Å². The highest BCUT2D eigenvalue weighted by atomic mass is 16.5. The van der Waals surface area contributed by atoms with E-state index >= 15 is 0 Å². The van der Waals surface area contributed by atoms with Crippen LogP contribution in [-0.2, 0) is 9.53 Å². The van der Waals surface area contributed by atoms with Crippen LogP contribution in [0.4, 0.5) is 0 Å². The summed E-state index contributed by atoms with van der Waals surface area (Å²) in [4.78, 5) is 10.8. The summed E-state index contributed by atoms with van der Waals surface area (Å²) in [6.07, 6.45) is 2.74. The standard InChI is InChI=1S/C8H15NO2/c1-9-8(10)3-2-7-4-5-11-6-7/h7H,2-6H2,1H3,(H,9,10). The minimum absolute atomic E-state index is 0.136. The van der Waals surface area contributed by atoms with Gasteiger partial charge in [0.05, 0.1) is 0 Å². The number of carbonyl (C=O) groups is 1. The first-order valence-electron chi connectivity index (χ1n) is 4.11. The molecule has 1 aliphatic rings. The maximum absolute atomic E-state index is 10.8. The molecule has 0 saturated carbocycles. The Kier molecular flexibility index (Phi) is 3.36. The first-order chi connectivity index (χ1) is 5.33. The third-order valence-electron chi connectivity index (χ3n) is 2.08. The Hall–Kier alpha value is -0.570. The number of hydrogen-bond acceptors (Lipinski definition) is 2. The molecule has 0 aromatic heterocycles. The zero-order chi connectivity index (χ0) is 8.10. The summed E-state index contributed by atoms with van der Waals surface area (Å²) >= 11 is 0. The molecule has 0 aromatic carbocycles. The van der Waals surface area contributed by atoms with Gasteiger partial charge in [0.25, 0.3) is 0 Å². The number of amides is 1. The van der Waals surface area contributed by atoms with E-state index in [4.69, 9.17) is 4.74 Å². The molecule has 1 aliphatic heterocycles. The van der Waals surface area contributed by atoms with Crippen LogP contribution in [0.1, 0.15) is 19.3 Å². The SMILES string of the molecule is CNC(=O)CCC1CCOC1. The predicted octanol–water partition coefficient (Wildman–Crippen LogP) is 0.549. The fourth-order valence-corrected chi connectivity index (χ4v) is 1.27. The van der Waals surface area contributed by atoms with Gasteiger partial charge in [-0.05, 0) is 18.8 Å². The van der Waals surface area contributed by atoms with E-state index in [0.29, 0.717) is 12.3 Å². The topological polar surface area (TPSA) is 38.3 Å². The quantitative estimate of drug-likeness (QED) is 0.649. The van der Waals surface area contributed by atoms with E-state index in [1.54, 1.807) is 7.05 Å². The van der Waals surface area contributed by atoms with E-state index in [1.807, 2.05) is 0 Å². The van der Waals surface area contributed by atoms with Crippen molar-refractivity contribution in [3.05, 3.63) is 0 Å². The van der Waals surface area contributed by atoms with Crippen molar-refractivity contribution in [1.29, 1.82) is 0 Å². The van der Waals surface area contributed by atoms with Gasteiger partial charge in [0.15, 0.2) is 0 Å². The van der Waals surface area contributed by atoms with Gasteiger partial charge in [-0.2, -0.15) is 0 Å². The lowest BCUT2D eigenvalue weighted by atomic mass is 10.0. The Morgan fingerprint density at radius 1 is 1.73 bits per heavy atom. The Morgan fingerprint density at radius 2 is 2.55 bits per heavy atom. The molecule has 1 saturated heterocycles. The van der Waals surface area contributed by atoms with Gasteiger partial charge >= 0.3 is 0 Å². The van der Waals surface area contributed by atoms with Crippen LogP contribution < -0.4 is 5.32 Å². The number of hydrogen-bond donors (Lipinski definition) is 1. The first kappa shape index (κ1) is 8.53. The summed E-state index contributed by atoms with van der Waals surface area (Å²) in [5, 5.41) is 2.61. The van der Waals surface area contributed by atoms with E-state index < -0.39 is 0 Å². The molecule has 1 rings (SSSR count). The van der Waals surface area contributed by atoms with Crippen molar-refractivity contribution in [2.75, 3.05) is 20.3 Å². The van der Waals surface area contributed by atoms with Crippen LogP contribution in [0.5, 0.6) is 0 Å². The van der Waals surface area contributed by atoms with Crippen molar-refractivity contribution < 1.29 is 9.53 Å². The first-order valence-corrected chi connectivity index (χ1v) is 4.11. The molecular formula is C8H15NO2. The van der Waals surface area contributed by atoms with Gasteiger partial charge in [0, 0.05) is 26.7 Å². The molecule has 0 aliphatic carbocycles. The minimum atomic E-state index is 0.136. The molecule has 0 spiro atoms. The summed E-state index contributed by atoms with van der Waals surface area (Å²) < 4.78 is 5.19. The van der Waals surface area contributed by atoms with Gasteiger partial charge in [-0.25, -0.2) is 0 Å². The second kappa shape index (κ2) is 4.34. The van der Waals surface area contributed by atoms with Crippen molar-refractivity contribution in [3.8, 4) is 0 Å². The lowest BCUT2D eigenvalue weighted by Crippen LogP contribution is -2.18. The van der Waals surface area contributed by atoms with Crippen LogP contribution in [0.2, 0.25) is 0 Å². The van der Waals surface area contributed by atoms with E-state index in [9.17, 15) is 4.79 Å². The summed E-state index contributed by atoms with van der Waals surface area (Å²) in [6, 6.07) is 0. The van der Waals surface area contributed by atoms with Crippen LogP contribution in [0, 0.1) is 5.92 Å². The van der Waals surface area contributed by atoms with Gasteiger partial charge < -0.3 is 10.1 Å². The molecule has 0 bridgehead atoms. The molecule has 0 radical (unpaired) electrons. The number of rotatable bonds is 3. The highest BCUT2D eigenvalue weighted by Crippen LogP contribution is 2.17. The second-order valence-corrected chi connectivity index (χ2v) is 2.94. The summed E-state index contributed by atoms with van der Waals surface area (Å²) in [7, 11) is 1.67. The normalized spacial score (nSPS) is 23.5. The highest BCUT2D eigenvalue weighted by Gasteiger charge is 2.15. The average molecular weight is 157 g/mol. The smallest absolute Gasteiger partial charge is 0.219 e. The minimum Gasteiger partial charge on any atom is -0.381 e. The summed E-state index contributed by atoms with van der Waals surface area (Å²) in [6.45, 7) is 1.72. The Bertz CT molecular complexity index is 130. The van der Waals surface area contributed by atoms with Crippen molar-refractivity contribution in [3.63, 3.8) is 0 Å². The molecule has 0 aromatic rings. The number of carbonyl (C=O) groups excluding carboxylic acids is 1. The molecule has 3 nitrogen and oxygen atoms in total. The van der Waals surface area contributed by atoms with E-state index in [0.717, 1.165) is 26.1 Å². The van der Waals surface area contributed by atoms with Crippen molar-refractivity contribution in [2.45, 2.75) is 19.3 Å². The summed E-state index contributed by atoms with van der Waals surface area (Å²) in [5.74, 6) is 0.754. The molecule has 1 N–H and O–H groups in total. The van der Waals surface area contributed by atoms with Gasteiger partial charge in [0.1, 0.15) is 0 Å². The fourth-order valence-electron chi connectivity index (χ4n) is 1.27. The van der Waals surface area contributed by atoms with Crippen LogP contribution in [0.15, 0.2) is 0 Å². The van der Waals surface area contributed by atoms with Gasteiger partial charge in [-0.15, -0.1) is 0 Å². The Morgan fingerprint density at radius 3 is 3.09 bits per heavy atom.